The van der Waals surface area contributed by atoms with Gasteiger partial charge >= 0.3 is 0 Å². The SMILES string of the molecule is COc1cc(-c2ccc(O)cc2)c(OC)c(O)c1-c1ccc(OCc2ccc(C)cc2)cc1. The summed E-state index contributed by atoms with van der Waals surface area (Å²) < 4.78 is 17.1. The second-order valence-electron chi connectivity index (χ2n) is 7.73. The van der Waals surface area contributed by atoms with Crippen molar-refractivity contribution in [1.82, 2.24) is 0 Å². The quantitative estimate of drug-likeness (QED) is 0.350. The van der Waals surface area contributed by atoms with Crippen LogP contribution in [0.1, 0.15) is 11.1 Å². The second kappa shape index (κ2) is 9.57. The van der Waals surface area contributed by atoms with E-state index in [1.807, 2.05) is 30.3 Å². The summed E-state index contributed by atoms with van der Waals surface area (Å²) in [5.74, 6) is 1.70. The number of methoxy groups -OCH3 is 2. The van der Waals surface area contributed by atoms with Gasteiger partial charge in [0.15, 0.2) is 11.5 Å². The predicted molar refractivity (Wildman–Crippen MR) is 129 cm³/mol. The lowest BCUT2D eigenvalue weighted by Gasteiger charge is -2.18. The van der Waals surface area contributed by atoms with Gasteiger partial charge in [0.05, 0.1) is 19.8 Å². The van der Waals surface area contributed by atoms with Crippen molar-refractivity contribution in [3.8, 4) is 51.0 Å². The average molecular weight is 443 g/mol. The normalized spacial score (nSPS) is 10.6. The molecule has 0 bridgehead atoms. The number of hydrogen-bond acceptors (Lipinski definition) is 5. The highest BCUT2D eigenvalue weighted by molar-refractivity contribution is 5.87. The molecule has 4 aromatic rings. The van der Waals surface area contributed by atoms with Crippen molar-refractivity contribution in [2.45, 2.75) is 13.5 Å². The molecule has 0 unspecified atom stereocenters. The zero-order valence-corrected chi connectivity index (χ0v) is 18.8. The van der Waals surface area contributed by atoms with E-state index < -0.39 is 0 Å². The maximum atomic E-state index is 11.1. The van der Waals surface area contributed by atoms with Gasteiger partial charge in [0, 0.05) is 5.56 Å². The molecular weight excluding hydrogens is 416 g/mol. The Morgan fingerprint density at radius 3 is 1.97 bits per heavy atom. The minimum absolute atomic E-state index is 0.0201. The van der Waals surface area contributed by atoms with Crippen LogP contribution in [0.5, 0.6) is 28.7 Å². The molecule has 0 radical (unpaired) electrons. The Labute approximate surface area is 193 Å². The van der Waals surface area contributed by atoms with Gasteiger partial charge in [-0.2, -0.15) is 0 Å². The Kier molecular flexibility index (Phi) is 6.41. The van der Waals surface area contributed by atoms with Gasteiger partial charge < -0.3 is 24.4 Å². The minimum Gasteiger partial charge on any atom is -0.508 e. The van der Waals surface area contributed by atoms with E-state index in [1.54, 1.807) is 31.4 Å². The smallest absolute Gasteiger partial charge is 0.170 e. The molecule has 4 aromatic carbocycles. The number of hydrogen-bond donors (Lipinski definition) is 2. The van der Waals surface area contributed by atoms with Crippen LogP contribution in [-0.2, 0) is 6.61 Å². The molecule has 2 N–H and O–H groups in total. The maximum absolute atomic E-state index is 11.1. The standard InChI is InChI=1S/C28H26O5/c1-18-4-6-19(7-5-18)17-33-23-14-10-21(11-15-23)26-25(31-2)16-24(28(32-3)27(26)30)20-8-12-22(29)13-9-20/h4-16,29-30H,17H2,1-3H3. The molecule has 0 amide bonds. The van der Waals surface area contributed by atoms with Crippen LogP contribution in [0, 0.1) is 6.92 Å². The molecule has 5 heteroatoms. The maximum Gasteiger partial charge on any atom is 0.170 e. The third kappa shape index (κ3) is 4.72. The van der Waals surface area contributed by atoms with Crippen LogP contribution in [0.3, 0.4) is 0 Å². The molecule has 0 saturated heterocycles. The average Bonchev–Trinajstić information content (AvgIpc) is 2.84. The second-order valence-corrected chi connectivity index (χ2v) is 7.73. The van der Waals surface area contributed by atoms with E-state index in [0.717, 1.165) is 22.4 Å². The Morgan fingerprint density at radius 1 is 0.727 bits per heavy atom. The van der Waals surface area contributed by atoms with Crippen molar-refractivity contribution < 1.29 is 24.4 Å². The van der Waals surface area contributed by atoms with Gasteiger partial charge in [-0.05, 0) is 53.9 Å². The van der Waals surface area contributed by atoms with E-state index >= 15 is 0 Å². The fourth-order valence-electron chi connectivity index (χ4n) is 3.70. The molecule has 0 aliphatic rings. The van der Waals surface area contributed by atoms with E-state index in [9.17, 15) is 10.2 Å². The van der Waals surface area contributed by atoms with Gasteiger partial charge in [0.1, 0.15) is 23.9 Å². The summed E-state index contributed by atoms with van der Waals surface area (Å²) >= 11 is 0. The lowest BCUT2D eigenvalue weighted by molar-refractivity contribution is 0.306. The zero-order valence-electron chi connectivity index (χ0n) is 18.8. The fraction of sp³-hybridized carbons (Fsp3) is 0.143. The molecule has 0 aliphatic heterocycles. The summed E-state index contributed by atoms with van der Waals surface area (Å²) in [7, 11) is 3.07. The Bertz CT molecular complexity index is 1230. The summed E-state index contributed by atoms with van der Waals surface area (Å²) in [6.45, 7) is 2.53. The molecule has 0 spiro atoms. The fourth-order valence-corrected chi connectivity index (χ4v) is 3.70. The summed E-state index contributed by atoms with van der Waals surface area (Å²) in [5, 5.41) is 20.7. The van der Waals surface area contributed by atoms with Gasteiger partial charge in [0.2, 0.25) is 0 Å². The van der Waals surface area contributed by atoms with E-state index in [4.69, 9.17) is 14.2 Å². The van der Waals surface area contributed by atoms with Crippen LogP contribution in [-0.4, -0.2) is 24.4 Å². The van der Waals surface area contributed by atoms with E-state index in [-0.39, 0.29) is 11.5 Å². The number of aryl methyl sites for hydroxylation is 1. The monoisotopic (exact) mass is 442 g/mol. The first-order chi connectivity index (χ1) is 16.0. The molecule has 0 aromatic heterocycles. The molecular formula is C28H26O5. The zero-order chi connectivity index (χ0) is 23.4. The van der Waals surface area contributed by atoms with E-state index in [1.165, 1.54) is 12.7 Å². The van der Waals surface area contributed by atoms with Crippen molar-refractivity contribution in [3.63, 3.8) is 0 Å². The van der Waals surface area contributed by atoms with E-state index in [0.29, 0.717) is 29.2 Å². The first kappa shape index (κ1) is 22.1. The molecule has 0 aliphatic carbocycles. The molecule has 4 rings (SSSR count). The van der Waals surface area contributed by atoms with Crippen LogP contribution < -0.4 is 14.2 Å². The Hall–Kier alpha value is -4.12. The van der Waals surface area contributed by atoms with E-state index in [2.05, 4.69) is 31.2 Å². The van der Waals surface area contributed by atoms with Crippen LogP contribution in [0.15, 0.2) is 78.9 Å². The summed E-state index contributed by atoms with van der Waals surface area (Å²) in [5.41, 5.74) is 5.05. The van der Waals surface area contributed by atoms with Crippen LogP contribution >= 0.6 is 0 Å². The third-order valence-electron chi connectivity index (χ3n) is 5.49. The molecule has 0 atom stereocenters. The van der Waals surface area contributed by atoms with Crippen LogP contribution in [0.2, 0.25) is 0 Å². The van der Waals surface area contributed by atoms with Crippen molar-refractivity contribution in [3.05, 3.63) is 90.0 Å². The predicted octanol–water partition coefficient (Wildman–Crippen LogP) is 6.34. The van der Waals surface area contributed by atoms with Crippen LogP contribution in [0.25, 0.3) is 22.3 Å². The van der Waals surface area contributed by atoms with Crippen LogP contribution in [0.4, 0.5) is 0 Å². The lowest BCUT2D eigenvalue weighted by atomic mass is 9.96. The first-order valence-corrected chi connectivity index (χ1v) is 10.6. The van der Waals surface area contributed by atoms with Gasteiger partial charge in [-0.3, -0.25) is 0 Å². The molecule has 0 fully saturated rings. The topological polar surface area (TPSA) is 68.2 Å². The minimum atomic E-state index is -0.0201. The molecule has 168 valence electrons. The molecule has 5 nitrogen and oxygen atoms in total. The summed E-state index contributed by atoms with van der Waals surface area (Å²) in [4.78, 5) is 0. The third-order valence-corrected chi connectivity index (χ3v) is 5.49. The highest BCUT2D eigenvalue weighted by atomic mass is 16.5. The van der Waals surface area contributed by atoms with Gasteiger partial charge in [-0.15, -0.1) is 0 Å². The van der Waals surface area contributed by atoms with Crippen molar-refractivity contribution in [2.75, 3.05) is 14.2 Å². The van der Waals surface area contributed by atoms with Gasteiger partial charge in [-0.1, -0.05) is 54.1 Å². The number of ether oxygens (including phenoxy) is 3. The highest BCUT2D eigenvalue weighted by Gasteiger charge is 2.21. The molecule has 0 heterocycles. The van der Waals surface area contributed by atoms with Crippen molar-refractivity contribution >= 4 is 0 Å². The Morgan fingerprint density at radius 2 is 1.36 bits per heavy atom. The van der Waals surface area contributed by atoms with Crippen molar-refractivity contribution in [2.24, 2.45) is 0 Å². The Balaban J connectivity index is 1.65. The number of phenolic OH excluding ortho intramolecular Hbond substituents is 2. The summed E-state index contributed by atoms with van der Waals surface area (Å²) in [6.07, 6.45) is 0. The van der Waals surface area contributed by atoms with Gasteiger partial charge in [0.25, 0.3) is 0 Å². The summed E-state index contributed by atoms with van der Waals surface area (Å²) in [6, 6.07) is 24.2. The highest BCUT2D eigenvalue weighted by Crippen LogP contribution is 2.49. The van der Waals surface area contributed by atoms with Gasteiger partial charge in [-0.25, -0.2) is 0 Å². The largest absolute Gasteiger partial charge is 0.508 e. The number of phenols is 2. The molecule has 0 saturated carbocycles. The number of aromatic hydroxyl groups is 2. The molecule has 33 heavy (non-hydrogen) atoms. The van der Waals surface area contributed by atoms with Crippen molar-refractivity contribution in [1.29, 1.82) is 0 Å². The number of benzene rings is 4. The lowest BCUT2D eigenvalue weighted by Crippen LogP contribution is -1.97. The first-order valence-electron chi connectivity index (χ1n) is 10.6. The number of rotatable bonds is 7.